The van der Waals surface area contributed by atoms with E-state index in [1.165, 1.54) is 0 Å². The van der Waals surface area contributed by atoms with E-state index >= 15 is 0 Å². The quantitative estimate of drug-likeness (QED) is 0.354. The van der Waals surface area contributed by atoms with Crippen LogP contribution in [0.15, 0.2) is 54.9 Å². The second kappa shape index (κ2) is 8.71. The molecule has 3 heterocycles. The fourth-order valence-electron chi connectivity index (χ4n) is 4.13. The summed E-state index contributed by atoms with van der Waals surface area (Å²) in [6.45, 7) is 3.81. The van der Waals surface area contributed by atoms with E-state index in [0.29, 0.717) is 33.6 Å². The van der Waals surface area contributed by atoms with E-state index in [9.17, 15) is 10.4 Å². The number of nitrogens with one attached hydrogen (secondary N) is 1. The summed E-state index contributed by atoms with van der Waals surface area (Å²) < 4.78 is 1.84. The van der Waals surface area contributed by atoms with Crippen LogP contribution in [-0.2, 0) is 6.61 Å². The zero-order chi connectivity index (χ0) is 23.8. The minimum Gasteiger partial charge on any atom is -0.390 e. The van der Waals surface area contributed by atoms with E-state index in [2.05, 4.69) is 32.6 Å². The number of fused-ring (bicyclic) bond motifs is 3. The number of hydrogen-bond donors (Lipinski definition) is 2. The van der Waals surface area contributed by atoms with Gasteiger partial charge in [0.15, 0.2) is 5.65 Å². The fourth-order valence-corrected chi connectivity index (χ4v) is 4.30. The number of pyridine rings is 1. The molecule has 2 N–H and O–H groups in total. The number of aliphatic hydroxyl groups is 1. The highest BCUT2D eigenvalue weighted by atomic mass is 35.5. The highest BCUT2D eigenvalue weighted by Crippen LogP contribution is 2.32. The number of rotatable bonds is 5. The highest BCUT2D eigenvalue weighted by molar-refractivity contribution is 6.29. The Balaban J connectivity index is 1.71. The van der Waals surface area contributed by atoms with Crippen LogP contribution in [0.5, 0.6) is 0 Å². The number of nitriles is 1. The number of benzene rings is 2. The molecule has 0 saturated heterocycles. The molecule has 3 aromatic heterocycles. The maximum absolute atomic E-state index is 9.73. The van der Waals surface area contributed by atoms with E-state index in [1.807, 2.05) is 36.4 Å². The number of aromatic nitrogens is 5. The number of hydrogen-bond acceptors (Lipinski definition) is 7. The molecule has 8 nitrogen and oxygen atoms in total. The molecular weight excluding hydrogens is 450 g/mol. The van der Waals surface area contributed by atoms with Gasteiger partial charge in [-0.3, -0.25) is 4.40 Å². The second-order valence-electron chi connectivity index (χ2n) is 8.06. The third-order valence-corrected chi connectivity index (χ3v) is 5.91. The maximum atomic E-state index is 9.73. The summed E-state index contributed by atoms with van der Waals surface area (Å²) in [5, 5.41) is 32.2. The molecule has 0 spiro atoms. The van der Waals surface area contributed by atoms with Crippen molar-refractivity contribution in [3.63, 3.8) is 0 Å². The first-order chi connectivity index (χ1) is 16.5. The van der Waals surface area contributed by atoms with E-state index in [1.54, 1.807) is 30.6 Å². The van der Waals surface area contributed by atoms with Gasteiger partial charge in [-0.2, -0.15) is 5.26 Å². The predicted molar refractivity (Wildman–Crippen MR) is 130 cm³/mol. The van der Waals surface area contributed by atoms with Crippen molar-refractivity contribution in [2.75, 3.05) is 5.32 Å². The molecule has 0 radical (unpaired) electrons. The minimum atomic E-state index is -0.234. The van der Waals surface area contributed by atoms with Gasteiger partial charge < -0.3 is 10.4 Å². The number of aryl methyl sites for hydroxylation is 1. The topological polar surface area (TPSA) is 112 Å². The van der Waals surface area contributed by atoms with Gasteiger partial charge in [-0.25, -0.2) is 9.97 Å². The average molecular weight is 470 g/mol. The fraction of sp³-hybridized carbons (Fsp3) is 0.160. The molecule has 0 aliphatic carbocycles. The molecular formula is C25H20ClN7O. The second-order valence-corrected chi connectivity index (χ2v) is 8.44. The molecule has 168 valence electrons. The summed E-state index contributed by atoms with van der Waals surface area (Å²) in [6, 6.07) is 16.9. The normalized spacial score (nSPS) is 12.1. The van der Waals surface area contributed by atoms with Crippen molar-refractivity contribution in [2.45, 2.75) is 26.5 Å². The molecule has 0 saturated carbocycles. The van der Waals surface area contributed by atoms with Crippen LogP contribution >= 0.6 is 11.6 Å². The van der Waals surface area contributed by atoms with Gasteiger partial charge in [0.1, 0.15) is 17.3 Å². The molecule has 0 aliphatic heterocycles. The Hall–Kier alpha value is -4.06. The summed E-state index contributed by atoms with van der Waals surface area (Å²) >= 11 is 5.99. The van der Waals surface area contributed by atoms with Gasteiger partial charge in [-0.05, 0) is 49.7 Å². The molecule has 0 bridgehead atoms. The van der Waals surface area contributed by atoms with E-state index in [4.69, 9.17) is 16.6 Å². The zero-order valence-electron chi connectivity index (χ0n) is 18.5. The summed E-state index contributed by atoms with van der Waals surface area (Å²) in [4.78, 5) is 9.24. The van der Waals surface area contributed by atoms with Crippen molar-refractivity contribution in [3.8, 4) is 17.5 Å². The maximum Gasteiger partial charge on any atom is 0.171 e. The van der Waals surface area contributed by atoms with Gasteiger partial charge >= 0.3 is 0 Å². The molecule has 9 heteroatoms. The van der Waals surface area contributed by atoms with Crippen LogP contribution in [0.4, 0.5) is 5.69 Å². The molecule has 1 unspecified atom stereocenters. The summed E-state index contributed by atoms with van der Waals surface area (Å²) in [5.74, 6) is 0.645. The molecule has 5 rings (SSSR count). The molecule has 0 amide bonds. The van der Waals surface area contributed by atoms with E-state index < -0.39 is 0 Å². The van der Waals surface area contributed by atoms with Gasteiger partial charge in [0.05, 0.1) is 41.2 Å². The Kier molecular flexibility index (Phi) is 5.57. The molecule has 34 heavy (non-hydrogen) atoms. The number of halogens is 1. The summed E-state index contributed by atoms with van der Waals surface area (Å²) in [7, 11) is 0. The van der Waals surface area contributed by atoms with Crippen molar-refractivity contribution in [2.24, 2.45) is 0 Å². The Morgan fingerprint density at radius 2 is 2.03 bits per heavy atom. The van der Waals surface area contributed by atoms with Gasteiger partial charge in [-0.15, -0.1) is 10.2 Å². The minimum absolute atomic E-state index is 0.174. The molecule has 2 aromatic carbocycles. The Labute approximate surface area is 200 Å². The first-order valence-electron chi connectivity index (χ1n) is 10.7. The Bertz CT molecular complexity index is 1590. The van der Waals surface area contributed by atoms with E-state index in [0.717, 1.165) is 27.6 Å². The Morgan fingerprint density at radius 3 is 2.82 bits per heavy atom. The van der Waals surface area contributed by atoms with Crippen molar-refractivity contribution in [3.05, 3.63) is 82.4 Å². The molecule has 5 aromatic rings. The van der Waals surface area contributed by atoms with Crippen LogP contribution in [0.3, 0.4) is 0 Å². The van der Waals surface area contributed by atoms with Gasteiger partial charge in [0.2, 0.25) is 0 Å². The van der Waals surface area contributed by atoms with Gasteiger partial charge in [-0.1, -0.05) is 29.8 Å². The smallest absolute Gasteiger partial charge is 0.171 e. The molecule has 0 aliphatic rings. The monoisotopic (exact) mass is 469 g/mol. The number of nitrogens with zero attached hydrogens (tertiary/aromatic N) is 6. The zero-order valence-corrected chi connectivity index (χ0v) is 19.2. The first kappa shape index (κ1) is 21.8. The number of anilines is 1. The van der Waals surface area contributed by atoms with Crippen molar-refractivity contribution >= 4 is 33.8 Å². The molecule has 1 atom stereocenters. The SMILES string of the molecule is Cc1cc(C(C)Nc2ccc(Cl)nc2CO)c2nc(-c3cccc(C#N)c3)n3cnnc3c2c1. The third kappa shape index (κ3) is 3.81. The van der Waals surface area contributed by atoms with Crippen LogP contribution in [-0.4, -0.2) is 29.7 Å². The lowest BCUT2D eigenvalue weighted by Gasteiger charge is -2.20. The first-order valence-corrected chi connectivity index (χ1v) is 11.0. The molecule has 0 fully saturated rings. The van der Waals surface area contributed by atoms with Gasteiger partial charge in [0.25, 0.3) is 0 Å². The lowest BCUT2D eigenvalue weighted by atomic mass is 10.00. The average Bonchev–Trinajstić information content (AvgIpc) is 3.34. The number of aliphatic hydroxyl groups excluding tert-OH is 1. The van der Waals surface area contributed by atoms with Crippen molar-refractivity contribution in [1.82, 2.24) is 24.6 Å². The van der Waals surface area contributed by atoms with Crippen molar-refractivity contribution in [1.29, 1.82) is 5.26 Å². The van der Waals surface area contributed by atoms with Crippen LogP contribution < -0.4 is 5.32 Å². The standard InChI is InChI=1S/C25H20ClN7O/c1-14-8-18(15(2)29-20-6-7-22(26)30-21(20)12-34)23-19(9-14)25-32-28-13-33(25)24(31-23)17-5-3-4-16(10-17)11-27/h3-10,13,15,29,34H,12H2,1-2H3. The van der Waals surface area contributed by atoms with Crippen LogP contribution in [0.25, 0.3) is 27.9 Å². The largest absolute Gasteiger partial charge is 0.390 e. The van der Waals surface area contributed by atoms with Crippen LogP contribution in [0.2, 0.25) is 5.15 Å². The lowest BCUT2D eigenvalue weighted by Crippen LogP contribution is -2.11. The van der Waals surface area contributed by atoms with Crippen LogP contribution in [0, 0.1) is 18.3 Å². The summed E-state index contributed by atoms with van der Waals surface area (Å²) in [6.07, 6.45) is 1.63. The van der Waals surface area contributed by atoms with Crippen LogP contribution in [0.1, 0.15) is 35.3 Å². The third-order valence-electron chi connectivity index (χ3n) is 5.70. The highest BCUT2D eigenvalue weighted by Gasteiger charge is 2.19. The predicted octanol–water partition coefficient (Wildman–Crippen LogP) is 4.84. The van der Waals surface area contributed by atoms with Gasteiger partial charge in [0, 0.05) is 16.5 Å². The summed E-state index contributed by atoms with van der Waals surface area (Å²) in [5.41, 5.74) is 5.97. The van der Waals surface area contributed by atoms with Crippen molar-refractivity contribution < 1.29 is 5.11 Å². The Morgan fingerprint density at radius 1 is 1.18 bits per heavy atom. The lowest BCUT2D eigenvalue weighted by molar-refractivity contribution is 0.277. The van der Waals surface area contributed by atoms with E-state index in [-0.39, 0.29) is 12.6 Å².